The molecule has 1 unspecified atom stereocenters. The fourth-order valence-corrected chi connectivity index (χ4v) is 2.55. The van der Waals surface area contributed by atoms with Gasteiger partial charge in [0.2, 0.25) is 5.91 Å². The number of nitrogens with zero attached hydrogens (tertiary/aromatic N) is 1. The maximum atomic E-state index is 12.2. The van der Waals surface area contributed by atoms with E-state index in [0.29, 0.717) is 12.5 Å². The minimum Gasteiger partial charge on any atom is -0.337 e. The zero-order valence-electron chi connectivity index (χ0n) is 12.4. The topological polar surface area (TPSA) is 32.3 Å². The van der Waals surface area contributed by atoms with Gasteiger partial charge in [-0.15, -0.1) is 12.4 Å². The van der Waals surface area contributed by atoms with Crippen molar-refractivity contribution in [3.63, 3.8) is 0 Å². The lowest BCUT2D eigenvalue weighted by molar-refractivity contribution is -0.133. The quantitative estimate of drug-likeness (QED) is 0.925. The molecule has 0 radical (unpaired) electrons. The van der Waals surface area contributed by atoms with Crippen LogP contribution in [0.2, 0.25) is 0 Å². The first-order chi connectivity index (χ1) is 9.20. The lowest BCUT2D eigenvalue weighted by atomic mass is 10.1. The molecule has 1 aromatic rings. The highest BCUT2D eigenvalue weighted by Crippen LogP contribution is 2.10. The number of halogens is 1. The summed E-state index contributed by atoms with van der Waals surface area (Å²) in [6.45, 7) is 6.94. The van der Waals surface area contributed by atoms with Crippen LogP contribution in [0.15, 0.2) is 24.3 Å². The number of nitrogens with one attached hydrogen (secondary N) is 1. The number of hydrogen-bond donors (Lipinski definition) is 1. The Balaban J connectivity index is 0.00000200. The molecule has 1 atom stereocenters. The summed E-state index contributed by atoms with van der Waals surface area (Å²) in [6, 6.07) is 8.94. The number of benzene rings is 1. The molecule has 0 bridgehead atoms. The van der Waals surface area contributed by atoms with Gasteiger partial charge in [-0.25, -0.2) is 0 Å². The van der Waals surface area contributed by atoms with E-state index in [2.05, 4.69) is 43.4 Å². The predicted octanol–water partition coefficient (Wildman–Crippen LogP) is 2.42. The molecule has 0 saturated carbocycles. The molecule has 0 aromatic heterocycles. The van der Waals surface area contributed by atoms with E-state index in [1.165, 1.54) is 11.1 Å². The van der Waals surface area contributed by atoms with Gasteiger partial charge in [-0.2, -0.15) is 0 Å². The highest BCUT2D eigenvalue weighted by atomic mass is 35.5. The zero-order chi connectivity index (χ0) is 13.7. The van der Waals surface area contributed by atoms with Crippen molar-refractivity contribution in [2.24, 2.45) is 0 Å². The molecule has 20 heavy (non-hydrogen) atoms. The Morgan fingerprint density at radius 3 is 2.55 bits per heavy atom. The van der Waals surface area contributed by atoms with E-state index in [1.54, 1.807) is 0 Å². The Hall–Kier alpha value is -1.06. The van der Waals surface area contributed by atoms with Gasteiger partial charge in [0.05, 0.1) is 0 Å². The van der Waals surface area contributed by atoms with E-state index >= 15 is 0 Å². The van der Waals surface area contributed by atoms with Gasteiger partial charge in [-0.3, -0.25) is 4.79 Å². The summed E-state index contributed by atoms with van der Waals surface area (Å²) in [4.78, 5) is 14.2. The summed E-state index contributed by atoms with van der Waals surface area (Å²) < 4.78 is 0. The second-order valence-corrected chi connectivity index (χ2v) is 5.31. The van der Waals surface area contributed by atoms with Gasteiger partial charge in [0, 0.05) is 32.1 Å². The van der Waals surface area contributed by atoms with Crippen LogP contribution in [0.3, 0.4) is 0 Å². The molecule has 1 N–H and O–H groups in total. The van der Waals surface area contributed by atoms with E-state index in [0.717, 1.165) is 32.5 Å². The number of rotatable bonds is 4. The SMILES string of the molecule is CCc1ccc(CCC(=O)N2CCNCC2C)cc1.Cl. The van der Waals surface area contributed by atoms with Crippen LogP contribution in [0, 0.1) is 0 Å². The van der Waals surface area contributed by atoms with Gasteiger partial charge in [0.1, 0.15) is 0 Å². The maximum Gasteiger partial charge on any atom is 0.223 e. The van der Waals surface area contributed by atoms with E-state index in [-0.39, 0.29) is 18.3 Å². The van der Waals surface area contributed by atoms with Crippen molar-refractivity contribution in [1.29, 1.82) is 0 Å². The molecular formula is C16H25ClN2O. The molecule has 1 aliphatic rings. The Kier molecular flexibility index (Phi) is 7.03. The first kappa shape index (κ1) is 17.0. The summed E-state index contributed by atoms with van der Waals surface area (Å²) in [7, 11) is 0. The van der Waals surface area contributed by atoms with Crippen molar-refractivity contribution in [3.8, 4) is 0 Å². The molecule has 1 aromatic carbocycles. The molecule has 1 amide bonds. The Morgan fingerprint density at radius 1 is 1.30 bits per heavy atom. The largest absolute Gasteiger partial charge is 0.337 e. The van der Waals surface area contributed by atoms with Crippen LogP contribution in [-0.2, 0) is 17.6 Å². The van der Waals surface area contributed by atoms with Gasteiger partial charge in [-0.05, 0) is 30.9 Å². The third kappa shape index (κ3) is 4.50. The van der Waals surface area contributed by atoms with Crippen LogP contribution >= 0.6 is 12.4 Å². The lowest BCUT2D eigenvalue weighted by Gasteiger charge is -2.34. The summed E-state index contributed by atoms with van der Waals surface area (Å²) >= 11 is 0. The molecule has 112 valence electrons. The smallest absolute Gasteiger partial charge is 0.223 e. The normalized spacial score (nSPS) is 18.5. The second-order valence-electron chi connectivity index (χ2n) is 5.31. The third-order valence-electron chi connectivity index (χ3n) is 3.88. The molecule has 1 heterocycles. The Bertz CT molecular complexity index is 419. The van der Waals surface area contributed by atoms with Gasteiger partial charge >= 0.3 is 0 Å². The zero-order valence-corrected chi connectivity index (χ0v) is 13.2. The van der Waals surface area contributed by atoms with Crippen LogP contribution in [-0.4, -0.2) is 36.5 Å². The molecular weight excluding hydrogens is 272 g/mol. The molecule has 4 heteroatoms. The summed E-state index contributed by atoms with van der Waals surface area (Å²) in [5.74, 6) is 0.286. The molecule has 1 saturated heterocycles. The molecule has 1 aliphatic heterocycles. The lowest BCUT2D eigenvalue weighted by Crippen LogP contribution is -2.52. The summed E-state index contributed by atoms with van der Waals surface area (Å²) in [6.07, 6.45) is 2.53. The number of carbonyl (C=O) groups is 1. The van der Waals surface area contributed by atoms with Crippen LogP contribution in [0.5, 0.6) is 0 Å². The van der Waals surface area contributed by atoms with Crippen molar-refractivity contribution in [2.45, 2.75) is 39.2 Å². The fraction of sp³-hybridized carbons (Fsp3) is 0.562. The summed E-state index contributed by atoms with van der Waals surface area (Å²) in [5, 5.41) is 3.31. The minimum absolute atomic E-state index is 0. The van der Waals surface area contributed by atoms with Gasteiger partial charge < -0.3 is 10.2 Å². The summed E-state index contributed by atoms with van der Waals surface area (Å²) in [5.41, 5.74) is 2.61. The second kappa shape index (κ2) is 8.28. The average Bonchev–Trinajstić information content (AvgIpc) is 2.46. The van der Waals surface area contributed by atoms with Crippen molar-refractivity contribution in [2.75, 3.05) is 19.6 Å². The maximum absolute atomic E-state index is 12.2. The van der Waals surface area contributed by atoms with Crippen molar-refractivity contribution in [1.82, 2.24) is 10.2 Å². The van der Waals surface area contributed by atoms with Crippen LogP contribution < -0.4 is 5.32 Å². The first-order valence-electron chi connectivity index (χ1n) is 7.28. The minimum atomic E-state index is 0. The number of carbonyl (C=O) groups excluding carboxylic acids is 1. The Labute approximate surface area is 128 Å². The van der Waals surface area contributed by atoms with E-state index in [1.807, 2.05) is 4.90 Å². The average molecular weight is 297 g/mol. The highest BCUT2D eigenvalue weighted by molar-refractivity contribution is 5.85. The monoisotopic (exact) mass is 296 g/mol. The molecule has 3 nitrogen and oxygen atoms in total. The number of amides is 1. The third-order valence-corrected chi connectivity index (χ3v) is 3.88. The van der Waals surface area contributed by atoms with E-state index in [4.69, 9.17) is 0 Å². The standard InChI is InChI=1S/C16H24N2O.ClH/c1-3-14-4-6-15(7-5-14)8-9-16(19)18-11-10-17-12-13(18)2;/h4-7,13,17H,3,8-12H2,1-2H3;1H. The predicted molar refractivity (Wildman–Crippen MR) is 85.4 cm³/mol. The van der Waals surface area contributed by atoms with Crippen molar-refractivity contribution in [3.05, 3.63) is 35.4 Å². The van der Waals surface area contributed by atoms with E-state index < -0.39 is 0 Å². The van der Waals surface area contributed by atoms with Crippen LogP contribution in [0.1, 0.15) is 31.4 Å². The fourth-order valence-electron chi connectivity index (χ4n) is 2.55. The Morgan fingerprint density at radius 2 is 1.95 bits per heavy atom. The molecule has 0 aliphatic carbocycles. The number of piperazine rings is 1. The van der Waals surface area contributed by atoms with Gasteiger partial charge in [-0.1, -0.05) is 31.2 Å². The van der Waals surface area contributed by atoms with Crippen molar-refractivity contribution >= 4 is 18.3 Å². The van der Waals surface area contributed by atoms with Gasteiger partial charge in [0.15, 0.2) is 0 Å². The van der Waals surface area contributed by atoms with Gasteiger partial charge in [0.25, 0.3) is 0 Å². The highest BCUT2D eigenvalue weighted by Gasteiger charge is 2.22. The molecule has 1 fully saturated rings. The number of hydrogen-bond acceptors (Lipinski definition) is 2. The van der Waals surface area contributed by atoms with E-state index in [9.17, 15) is 4.79 Å². The molecule has 0 spiro atoms. The first-order valence-corrected chi connectivity index (χ1v) is 7.28. The van der Waals surface area contributed by atoms with Crippen molar-refractivity contribution < 1.29 is 4.79 Å². The van der Waals surface area contributed by atoms with Crippen LogP contribution in [0.4, 0.5) is 0 Å². The number of aryl methyl sites for hydroxylation is 2. The van der Waals surface area contributed by atoms with Crippen LogP contribution in [0.25, 0.3) is 0 Å². The molecule has 2 rings (SSSR count).